The van der Waals surface area contributed by atoms with Crippen molar-refractivity contribution >= 4 is 17.9 Å². The zero-order chi connectivity index (χ0) is 58.5. The standard InChI is InChI=1S/C75H130O6/c1-4-7-10-13-16-19-22-25-28-29-30-31-32-33-34-35-36-37-38-39-40-41-42-43-44-45-48-50-53-56-59-62-65-68-74(77)80-71-72(81-75(78)69-66-63-60-57-54-51-47-27-24-21-18-15-12-9-6-3)70-79-73(76)67-64-61-58-55-52-49-46-26-23-20-17-14-11-8-5-2/h7,10,16,18-19,21,25,27-28,30-31,33-34,36-37,47,72H,4-6,8-9,11-15,17,20,22-24,26,29,32,35,38-46,48-71H2,1-3H3/b10-7-,19-16-,21-18-,28-25-,31-30-,34-33-,37-36-,47-27-. The molecule has 1 unspecified atom stereocenters. The van der Waals surface area contributed by atoms with Gasteiger partial charge in [-0.25, -0.2) is 0 Å². The number of carbonyl (C=O) groups is 3. The molecular formula is C75H130O6. The Morgan fingerprint density at radius 2 is 0.481 bits per heavy atom. The molecule has 0 aliphatic carbocycles. The highest BCUT2D eigenvalue weighted by Gasteiger charge is 2.19. The quantitative estimate of drug-likeness (QED) is 0.0261. The van der Waals surface area contributed by atoms with Crippen LogP contribution < -0.4 is 0 Å². The number of hydrogen-bond acceptors (Lipinski definition) is 6. The van der Waals surface area contributed by atoms with Crippen LogP contribution >= 0.6 is 0 Å². The molecule has 6 nitrogen and oxygen atoms in total. The Labute approximate surface area is 502 Å². The number of ether oxygens (including phenoxy) is 3. The maximum atomic E-state index is 12.9. The smallest absolute Gasteiger partial charge is 0.306 e. The Morgan fingerprint density at radius 1 is 0.259 bits per heavy atom. The monoisotopic (exact) mass is 1130 g/mol. The summed E-state index contributed by atoms with van der Waals surface area (Å²) in [4.78, 5) is 38.4. The van der Waals surface area contributed by atoms with Crippen LogP contribution in [0, 0.1) is 0 Å². The highest BCUT2D eigenvalue weighted by atomic mass is 16.6. The van der Waals surface area contributed by atoms with Crippen molar-refractivity contribution in [3.05, 3.63) is 97.2 Å². The summed E-state index contributed by atoms with van der Waals surface area (Å²) in [5.41, 5.74) is 0. The average molecular weight is 1130 g/mol. The minimum absolute atomic E-state index is 0.0783. The van der Waals surface area contributed by atoms with E-state index in [1.54, 1.807) is 0 Å². The molecule has 0 radical (unpaired) electrons. The van der Waals surface area contributed by atoms with Gasteiger partial charge < -0.3 is 14.2 Å². The van der Waals surface area contributed by atoms with Gasteiger partial charge in [0.1, 0.15) is 13.2 Å². The third kappa shape index (κ3) is 67.0. The first kappa shape index (κ1) is 77.3. The van der Waals surface area contributed by atoms with E-state index in [1.165, 1.54) is 180 Å². The normalized spacial score (nSPS) is 12.7. The van der Waals surface area contributed by atoms with Crippen LogP contribution in [0.25, 0.3) is 0 Å². The summed E-state index contributed by atoms with van der Waals surface area (Å²) in [5.74, 6) is -0.876. The van der Waals surface area contributed by atoms with E-state index < -0.39 is 6.10 Å². The van der Waals surface area contributed by atoms with Gasteiger partial charge in [-0.1, -0.05) is 317 Å². The molecule has 0 saturated heterocycles. The van der Waals surface area contributed by atoms with Crippen LogP contribution in [0.3, 0.4) is 0 Å². The van der Waals surface area contributed by atoms with Crippen LogP contribution in [0.5, 0.6) is 0 Å². The largest absolute Gasteiger partial charge is 0.462 e. The Morgan fingerprint density at radius 3 is 0.778 bits per heavy atom. The predicted octanol–water partition coefficient (Wildman–Crippen LogP) is 24.0. The molecule has 81 heavy (non-hydrogen) atoms. The van der Waals surface area contributed by atoms with Gasteiger partial charge in [-0.2, -0.15) is 0 Å². The molecule has 0 N–H and O–H groups in total. The molecule has 0 aromatic carbocycles. The summed E-state index contributed by atoms with van der Waals surface area (Å²) in [6.45, 7) is 6.53. The van der Waals surface area contributed by atoms with Crippen LogP contribution in [0.15, 0.2) is 97.2 Å². The molecule has 0 bridgehead atoms. The average Bonchev–Trinajstić information content (AvgIpc) is 3.47. The summed E-state index contributed by atoms with van der Waals surface area (Å²) in [7, 11) is 0. The molecule has 0 aromatic rings. The van der Waals surface area contributed by atoms with Crippen molar-refractivity contribution < 1.29 is 28.6 Å². The van der Waals surface area contributed by atoms with Gasteiger partial charge >= 0.3 is 17.9 Å². The van der Waals surface area contributed by atoms with Crippen LogP contribution in [-0.2, 0) is 28.6 Å². The minimum atomic E-state index is -0.783. The lowest BCUT2D eigenvalue weighted by Crippen LogP contribution is -2.30. The molecule has 0 aliphatic heterocycles. The fourth-order valence-corrected chi connectivity index (χ4v) is 9.89. The van der Waals surface area contributed by atoms with E-state index in [0.29, 0.717) is 19.3 Å². The molecule has 0 aliphatic rings. The van der Waals surface area contributed by atoms with E-state index in [1.807, 2.05) is 0 Å². The summed E-state index contributed by atoms with van der Waals surface area (Å²) in [6.07, 6.45) is 92.9. The number of hydrogen-bond donors (Lipinski definition) is 0. The number of unbranched alkanes of at least 4 members (excludes halogenated alkanes) is 36. The second-order valence-electron chi connectivity index (χ2n) is 23.1. The Bertz CT molecular complexity index is 1580. The van der Waals surface area contributed by atoms with Crippen molar-refractivity contribution in [2.45, 2.75) is 348 Å². The van der Waals surface area contributed by atoms with E-state index in [0.717, 1.165) is 122 Å². The van der Waals surface area contributed by atoms with Gasteiger partial charge in [0.15, 0.2) is 6.10 Å². The Hall–Kier alpha value is -3.67. The molecule has 6 heteroatoms. The maximum Gasteiger partial charge on any atom is 0.306 e. The molecule has 0 amide bonds. The molecule has 0 fully saturated rings. The third-order valence-corrected chi connectivity index (χ3v) is 15.1. The Balaban J connectivity index is 4.20. The molecule has 0 rings (SSSR count). The maximum absolute atomic E-state index is 12.9. The van der Waals surface area contributed by atoms with Crippen LogP contribution in [0.4, 0.5) is 0 Å². The van der Waals surface area contributed by atoms with Crippen molar-refractivity contribution in [1.82, 2.24) is 0 Å². The Kier molecular flexibility index (Phi) is 65.7. The first-order valence-corrected chi connectivity index (χ1v) is 34.7. The molecule has 466 valence electrons. The zero-order valence-corrected chi connectivity index (χ0v) is 53.5. The van der Waals surface area contributed by atoms with E-state index >= 15 is 0 Å². The summed E-state index contributed by atoms with van der Waals surface area (Å²) in [6, 6.07) is 0. The van der Waals surface area contributed by atoms with Gasteiger partial charge in [0.05, 0.1) is 0 Å². The first-order chi connectivity index (χ1) is 40.0. The van der Waals surface area contributed by atoms with E-state index in [2.05, 4.69) is 118 Å². The van der Waals surface area contributed by atoms with Crippen LogP contribution in [-0.4, -0.2) is 37.2 Å². The predicted molar refractivity (Wildman–Crippen MR) is 353 cm³/mol. The van der Waals surface area contributed by atoms with Crippen molar-refractivity contribution in [3.8, 4) is 0 Å². The highest BCUT2D eigenvalue weighted by molar-refractivity contribution is 5.71. The van der Waals surface area contributed by atoms with Crippen LogP contribution in [0.2, 0.25) is 0 Å². The van der Waals surface area contributed by atoms with Gasteiger partial charge in [-0.15, -0.1) is 0 Å². The number of carbonyl (C=O) groups excluding carboxylic acids is 3. The number of rotatable bonds is 63. The van der Waals surface area contributed by atoms with Crippen molar-refractivity contribution in [2.24, 2.45) is 0 Å². The molecule has 0 aromatic heterocycles. The van der Waals surface area contributed by atoms with Gasteiger partial charge in [0.25, 0.3) is 0 Å². The van der Waals surface area contributed by atoms with Gasteiger partial charge in [0, 0.05) is 19.3 Å². The SMILES string of the molecule is CC/C=C\C/C=C\C/C=C\C/C=C\C/C=C\C/C=C\CCCCCCCCCCCCCCCCC(=O)OCC(COC(=O)CCCCCCCCCCCCCCCCC)OC(=O)CCCCCCC/C=C\C/C=C\CCCCC. The topological polar surface area (TPSA) is 78.9 Å². The van der Waals surface area contributed by atoms with Crippen molar-refractivity contribution in [2.75, 3.05) is 13.2 Å². The highest BCUT2D eigenvalue weighted by Crippen LogP contribution is 2.17. The van der Waals surface area contributed by atoms with E-state index in [-0.39, 0.29) is 31.1 Å². The lowest BCUT2D eigenvalue weighted by Gasteiger charge is -2.18. The van der Waals surface area contributed by atoms with E-state index in [4.69, 9.17) is 14.2 Å². The third-order valence-electron chi connectivity index (χ3n) is 15.1. The van der Waals surface area contributed by atoms with Gasteiger partial charge in [-0.05, 0) is 103 Å². The lowest BCUT2D eigenvalue weighted by molar-refractivity contribution is -0.167. The first-order valence-electron chi connectivity index (χ1n) is 34.7. The zero-order valence-electron chi connectivity index (χ0n) is 53.5. The molecule has 1 atom stereocenters. The molecule has 0 spiro atoms. The van der Waals surface area contributed by atoms with Crippen LogP contribution in [0.1, 0.15) is 342 Å². The summed E-state index contributed by atoms with van der Waals surface area (Å²) in [5, 5.41) is 0. The molecule has 0 heterocycles. The van der Waals surface area contributed by atoms with Gasteiger partial charge in [-0.3, -0.25) is 14.4 Å². The molecular weight excluding hydrogens is 997 g/mol. The van der Waals surface area contributed by atoms with Crippen molar-refractivity contribution in [3.63, 3.8) is 0 Å². The summed E-state index contributed by atoms with van der Waals surface area (Å²) < 4.78 is 17.0. The summed E-state index contributed by atoms with van der Waals surface area (Å²) >= 11 is 0. The second kappa shape index (κ2) is 68.8. The number of allylic oxidation sites excluding steroid dienone is 16. The molecule has 0 saturated carbocycles. The second-order valence-corrected chi connectivity index (χ2v) is 23.1. The fourth-order valence-electron chi connectivity index (χ4n) is 9.89. The van der Waals surface area contributed by atoms with Crippen molar-refractivity contribution in [1.29, 1.82) is 0 Å². The van der Waals surface area contributed by atoms with E-state index in [9.17, 15) is 14.4 Å². The fraction of sp³-hybridized carbons (Fsp3) is 0.747. The lowest BCUT2D eigenvalue weighted by atomic mass is 10.0. The van der Waals surface area contributed by atoms with Gasteiger partial charge in [0.2, 0.25) is 0 Å². The number of esters is 3. The minimum Gasteiger partial charge on any atom is -0.462 e.